The Morgan fingerprint density at radius 3 is 2.57 bits per heavy atom. The molecule has 0 atom stereocenters. The molecule has 2 aromatic heterocycles. The van der Waals surface area contributed by atoms with Crippen molar-refractivity contribution in [3.63, 3.8) is 0 Å². The number of nitrogens with zero attached hydrogens (tertiary/aromatic N) is 3. The molecule has 4 rings (SSSR count). The van der Waals surface area contributed by atoms with Gasteiger partial charge in [0.2, 0.25) is 0 Å². The van der Waals surface area contributed by atoms with Crippen LogP contribution in [0, 0.1) is 11.6 Å². The van der Waals surface area contributed by atoms with E-state index in [2.05, 4.69) is 19.9 Å². The van der Waals surface area contributed by atoms with Crippen LogP contribution >= 0.6 is 0 Å². The van der Waals surface area contributed by atoms with Crippen molar-refractivity contribution in [2.45, 2.75) is 0 Å². The highest BCUT2D eigenvalue weighted by Crippen LogP contribution is 2.25. The molecule has 0 unspecified atom stereocenters. The van der Waals surface area contributed by atoms with Crippen molar-refractivity contribution in [2.24, 2.45) is 0 Å². The zero-order valence-electron chi connectivity index (χ0n) is 10.6. The quantitative estimate of drug-likeness (QED) is 0.581. The SMILES string of the molecule is Fc1ccc2[nH]c(-c3ccc4nccnc4c3)nc2c1F. The summed E-state index contributed by atoms with van der Waals surface area (Å²) < 4.78 is 26.9. The van der Waals surface area contributed by atoms with Gasteiger partial charge >= 0.3 is 0 Å². The number of aromatic nitrogens is 4. The molecule has 2 heterocycles. The van der Waals surface area contributed by atoms with Crippen LogP contribution in [0.25, 0.3) is 33.5 Å². The van der Waals surface area contributed by atoms with E-state index in [1.165, 1.54) is 6.07 Å². The van der Waals surface area contributed by atoms with Crippen molar-refractivity contribution in [1.82, 2.24) is 19.9 Å². The highest BCUT2D eigenvalue weighted by molar-refractivity contribution is 5.83. The number of imidazole rings is 1. The van der Waals surface area contributed by atoms with Gasteiger partial charge in [-0.2, -0.15) is 0 Å². The Hall–Kier alpha value is -2.89. The van der Waals surface area contributed by atoms with Gasteiger partial charge in [-0.25, -0.2) is 13.8 Å². The van der Waals surface area contributed by atoms with E-state index < -0.39 is 11.6 Å². The van der Waals surface area contributed by atoms with Gasteiger partial charge in [0, 0.05) is 18.0 Å². The molecule has 0 radical (unpaired) electrons. The molecule has 102 valence electrons. The zero-order valence-corrected chi connectivity index (χ0v) is 10.6. The third kappa shape index (κ3) is 1.84. The fraction of sp³-hybridized carbons (Fsp3) is 0. The average molecular weight is 282 g/mol. The van der Waals surface area contributed by atoms with Crippen molar-refractivity contribution in [3.8, 4) is 11.4 Å². The number of H-pyrrole nitrogens is 1. The van der Waals surface area contributed by atoms with Crippen LogP contribution in [0.3, 0.4) is 0 Å². The number of halogens is 2. The van der Waals surface area contributed by atoms with Crippen LogP contribution in [0.4, 0.5) is 8.78 Å². The van der Waals surface area contributed by atoms with Gasteiger partial charge in [0.15, 0.2) is 11.6 Å². The van der Waals surface area contributed by atoms with Gasteiger partial charge < -0.3 is 4.98 Å². The largest absolute Gasteiger partial charge is 0.338 e. The lowest BCUT2D eigenvalue weighted by Gasteiger charge is -1.99. The van der Waals surface area contributed by atoms with Crippen LogP contribution in [0.2, 0.25) is 0 Å². The summed E-state index contributed by atoms with van der Waals surface area (Å²) in [5, 5.41) is 0. The Morgan fingerprint density at radius 1 is 0.905 bits per heavy atom. The first-order valence-corrected chi connectivity index (χ1v) is 6.27. The first kappa shape index (κ1) is 11.9. The first-order chi connectivity index (χ1) is 10.2. The normalized spacial score (nSPS) is 11.3. The van der Waals surface area contributed by atoms with Crippen LogP contribution < -0.4 is 0 Å². The summed E-state index contributed by atoms with van der Waals surface area (Å²) in [6.07, 6.45) is 3.21. The van der Waals surface area contributed by atoms with E-state index in [4.69, 9.17) is 0 Å². The van der Waals surface area contributed by atoms with Gasteiger partial charge in [0.1, 0.15) is 11.3 Å². The van der Waals surface area contributed by atoms with E-state index >= 15 is 0 Å². The monoisotopic (exact) mass is 282 g/mol. The van der Waals surface area contributed by atoms with Crippen LogP contribution in [0.15, 0.2) is 42.7 Å². The molecular weight excluding hydrogens is 274 g/mol. The van der Waals surface area contributed by atoms with Gasteiger partial charge in [0.05, 0.1) is 16.6 Å². The van der Waals surface area contributed by atoms with Gasteiger partial charge in [-0.1, -0.05) is 0 Å². The second kappa shape index (κ2) is 4.31. The second-order valence-electron chi connectivity index (χ2n) is 4.60. The molecule has 0 aliphatic heterocycles. The lowest BCUT2D eigenvalue weighted by atomic mass is 10.2. The maximum atomic E-state index is 13.7. The summed E-state index contributed by atoms with van der Waals surface area (Å²) in [6, 6.07) is 7.95. The van der Waals surface area contributed by atoms with Crippen molar-refractivity contribution < 1.29 is 8.78 Å². The van der Waals surface area contributed by atoms with E-state index in [0.29, 0.717) is 16.9 Å². The Morgan fingerprint density at radius 2 is 1.71 bits per heavy atom. The number of benzene rings is 2. The minimum absolute atomic E-state index is 0.00996. The van der Waals surface area contributed by atoms with Crippen LogP contribution in [-0.4, -0.2) is 19.9 Å². The molecule has 4 nitrogen and oxygen atoms in total. The molecule has 0 aliphatic carbocycles. The van der Waals surface area contributed by atoms with Crippen molar-refractivity contribution >= 4 is 22.1 Å². The molecule has 0 amide bonds. The van der Waals surface area contributed by atoms with Gasteiger partial charge in [0.25, 0.3) is 0 Å². The summed E-state index contributed by atoms with van der Waals surface area (Å²) in [4.78, 5) is 15.5. The fourth-order valence-electron chi connectivity index (χ4n) is 2.26. The van der Waals surface area contributed by atoms with E-state index in [9.17, 15) is 8.78 Å². The number of aromatic amines is 1. The maximum absolute atomic E-state index is 13.7. The predicted octanol–water partition coefficient (Wildman–Crippen LogP) is 3.45. The van der Waals surface area contributed by atoms with Crippen LogP contribution in [0.5, 0.6) is 0 Å². The van der Waals surface area contributed by atoms with Crippen molar-refractivity contribution in [3.05, 3.63) is 54.4 Å². The van der Waals surface area contributed by atoms with Crippen LogP contribution in [0.1, 0.15) is 0 Å². The maximum Gasteiger partial charge on any atom is 0.186 e. The summed E-state index contributed by atoms with van der Waals surface area (Å²) >= 11 is 0. The molecule has 1 N–H and O–H groups in total. The van der Waals surface area contributed by atoms with Crippen molar-refractivity contribution in [2.75, 3.05) is 0 Å². The zero-order chi connectivity index (χ0) is 14.4. The number of fused-ring (bicyclic) bond motifs is 2. The summed E-state index contributed by atoms with van der Waals surface area (Å²) in [5.74, 6) is -1.40. The van der Waals surface area contributed by atoms with E-state index in [1.807, 2.05) is 12.1 Å². The number of hydrogen-bond acceptors (Lipinski definition) is 3. The molecule has 21 heavy (non-hydrogen) atoms. The number of nitrogens with one attached hydrogen (secondary N) is 1. The van der Waals surface area contributed by atoms with Crippen molar-refractivity contribution in [1.29, 1.82) is 0 Å². The molecule has 0 aliphatic rings. The first-order valence-electron chi connectivity index (χ1n) is 6.27. The third-order valence-electron chi connectivity index (χ3n) is 3.29. The Balaban J connectivity index is 1.93. The smallest absolute Gasteiger partial charge is 0.186 e. The average Bonchev–Trinajstić information content (AvgIpc) is 2.95. The van der Waals surface area contributed by atoms with E-state index in [-0.39, 0.29) is 5.52 Å². The van der Waals surface area contributed by atoms with Crippen LogP contribution in [-0.2, 0) is 0 Å². The molecule has 0 fully saturated rings. The molecule has 0 spiro atoms. The summed E-state index contributed by atoms with van der Waals surface area (Å²) in [5.41, 5.74) is 2.64. The van der Waals surface area contributed by atoms with Gasteiger partial charge in [-0.3, -0.25) is 9.97 Å². The molecular formula is C15H8F2N4. The lowest BCUT2D eigenvalue weighted by Crippen LogP contribution is -1.86. The number of hydrogen-bond donors (Lipinski definition) is 1. The Bertz CT molecular complexity index is 978. The summed E-state index contributed by atoms with van der Waals surface area (Å²) in [6.45, 7) is 0. The van der Waals surface area contributed by atoms with Gasteiger partial charge in [-0.15, -0.1) is 0 Å². The second-order valence-corrected chi connectivity index (χ2v) is 4.60. The highest BCUT2D eigenvalue weighted by Gasteiger charge is 2.13. The fourth-order valence-corrected chi connectivity index (χ4v) is 2.26. The molecule has 2 aromatic carbocycles. The lowest BCUT2D eigenvalue weighted by molar-refractivity contribution is 0.515. The topological polar surface area (TPSA) is 54.5 Å². The molecule has 0 saturated carbocycles. The molecule has 6 heteroatoms. The van der Waals surface area contributed by atoms with E-state index in [0.717, 1.165) is 17.1 Å². The minimum Gasteiger partial charge on any atom is -0.338 e. The third-order valence-corrected chi connectivity index (χ3v) is 3.29. The Kier molecular flexibility index (Phi) is 2.44. The number of rotatable bonds is 1. The molecule has 0 saturated heterocycles. The minimum atomic E-state index is -0.949. The van der Waals surface area contributed by atoms with Gasteiger partial charge in [-0.05, 0) is 30.3 Å². The Labute approximate surface area is 117 Å². The predicted molar refractivity (Wildman–Crippen MR) is 74.5 cm³/mol. The standard InChI is InChI=1S/C15H8F2N4/c16-9-2-4-11-14(13(9)17)21-15(20-11)8-1-3-10-12(7-8)19-6-5-18-10/h1-7H,(H,20,21). The molecule has 4 aromatic rings. The highest BCUT2D eigenvalue weighted by atomic mass is 19.2. The molecule has 0 bridgehead atoms. The van der Waals surface area contributed by atoms with E-state index in [1.54, 1.807) is 18.5 Å². The summed E-state index contributed by atoms with van der Waals surface area (Å²) in [7, 11) is 0.